The summed E-state index contributed by atoms with van der Waals surface area (Å²) in [6.45, 7) is 1.81. The molecule has 0 unspecified atom stereocenters. The Hall–Kier alpha value is -0.0900. The van der Waals surface area contributed by atoms with Gasteiger partial charge in [-0.05, 0) is 75.0 Å². The molecule has 1 aromatic heterocycles. The van der Waals surface area contributed by atoms with Crippen molar-refractivity contribution >= 4 is 22.9 Å². The zero-order chi connectivity index (χ0) is 14.6. The summed E-state index contributed by atoms with van der Waals surface area (Å²) in [5.41, 5.74) is 6.62. The molecule has 0 atom stereocenters. The summed E-state index contributed by atoms with van der Waals surface area (Å²) in [5, 5.41) is 0. The second-order valence-corrected chi connectivity index (χ2v) is 9.36. The number of thiophene rings is 1. The maximum Gasteiger partial charge on any atom is 0.0931 e. The van der Waals surface area contributed by atoms with Crippen LogP contribution in [0, 0.1) is 23.7 Å². The van der Waals surface area contributed by atoms with E-state index in [9.17, 15) is 0 Å². The minimum atomic E-state index is 0.240. The molecule has 2 N–H and O–H groups in total. The van der Waals surface area contributed by atoms with Crippen molar-refractivity contribution in [3.05, 3.63) is 21.3 Å². The molecule has 0 aromatic carbocycles. The molecule has 4 aliphatic carbocycles. The Balaban J connectivity index is 1.60. The number of nitrogens with two attached hydrogens (primary N) is 1. The van der Waals surface area contributed by atoms with Crippen molar-refractivity contribution in [1.29, 1.82) is 0 Å². The topological polar surface area (TPSA) is 29.3 Å². The Bertz CT molecular complexity index is 499. The fraction of sp³-hybridized carbons (Fsp3) is 0.765. The zero-order valence-corrected chi connectivity index (χ0v) is 14.3. The number of halogens is 1. The molecule has 116 valence electrons. The molecule has 21 heavy (non-hydrogen) atoms. The first-order valence-corrected chi connectivity index (χ1v) is 9.46. The van der Waals surface area contributed by atoms with Crippen LogP contribution in [0.4, 0.5) is 0 Å². The van der Waals surface area contributed by atoms with Crippen LogP contribution in [0.2, 0.25) is 4.34 Å². The van der Waals surface area contributed by atoms with Crippen LogP contribution >= 0.6 is 22.9 Å². The van der Waals surface area contributed by atoms with Gasteiger partial charge in [0.2, 0.25) is 0 Å². The Morgan fingerprint density at radius 3 is 2.29 bits per heavy atom. The number of likely N-dealkylation sites (N-methyl/N-ethyl adjacent to an activating group) is 1. The molecular weight excluding hydrogens is 300 g/mol. The maximum atomic E-state index is 6.38. The Kier molecular flexibility index (Phi) is 3.61. The van der Waals surface area contributed by atoms with Crippen molar-refractivity contribution < 1.29 is 0 Å². The van der Waals surface area contributed by atoms with Gasteiger partial charge in [0, 0.05) is 23.5 Å². The zero-order valence-electron chi connectivity index (χ0n) is 12.7. The largest absolute Gasteiger partial charge is 0.329 e. The van der Waals surface area contributed by atoms with E-state index in [0.29, 0.717) is 0 Å². The summed E-state index contributed by atoms with van der Waals surface area (Å²) >= 11 is 7.80. The number of hydrogen-bond acceptors (Lipinski definition) is 3. The van der Waals surface area contributed by atoms with Gasteiger partial charge in [0.15, 0.2) is 0 Å². The normalized spacial score (nSPS) is 41.1. The van der Waals surface area contributed by atoms with E-state index in [0.717, 1.165) is 41.1 Å². The van der Waals surface area contributed by atoms with Crippen LogP contribution in [0.3, 0.4) is 0 Å². The molecular formula is C17H25ClN2S. The third kappa shape index (κ3) is 2.20. The fourth-order valence-electron chi connectivity index (χ4n) is 5.93. The van der Waals surface area contributed by atoms with Gasteiger partial charge in [0.05, 0.1) is 4.34 Å². The van der Waals surface area contributed by atoms with Crippen LogP contribution in [-0.4, -0.2) is 24.0 Å². The Morgan fingerprint density at radius 1 is 1.19 bits per heavy atom. The molecule has 4 fully saturated rings. The van der Waals surface area contributed by atoms with E-state index in [1.165, 1.54) is 37.0 Å². The summed E-state index contributed by atoms with van der Waals surface area (Å²) in [6.07, 6.45) is 7.16. The Morgan fingerprint density at radius 2 is 1.81 bits per heavy atom. The molecule has 0 spiro atoms. The fourth-order valence-corrected chi connectivity index (χ4v) is 7.07. The molecule has 2 nitrogen and oxygen atoms in total. The van der Waals surface area contributed by atoms with Crippen molar-refractivity contribution in [2.45, 2.75) is 44.2 Å². The van der Waals surface area contributed by atoms with E-state index < -0.39 is 0 Å². The average molecular weight is 325 g/mol. The molecule has 0 saturated heterocycles. The van der Waals surface area contributed by atoms with Crippen LogP contribution in [0.25, 0.3) is 0 Å². The molecule has 4 saturated carbocycles. The van der Waals surface area contributed by atoms with E-state index >= 15 is 0 Å². The molecule has 4 bridgehead atoms. The van der Waals surface area contributed by atoms with Crippen LogP contribution in [0.15, 0.2) is 12.1 Å². The summed E-state index contributed by atoms with van der Waals surface area (Å²) in [6, 6.07) is 4.19. The summed E-state index contributed by atoms with van der Waals surface area (Å²) in [7, 11) is 2.29. The highest BCUT2D eigenvalue weighted by molar-refractivity contribution is 7.16. The van der Waals surface area contributed by atoms with Gasteiger partial charge < -0.3 is 5.73 Å². The molecule has 1 heterocycles. The van der Waals surface area contributed by atoms with Gasteiger partial charge in [-0.3, -0.25) is 4.90 Å². The van der Waals surface area contributed by atoms with Crippen molar-refractivity contribution in [3.63, 3.8) is 0 Å². The van der Waals surface area contributed by atoms with Gasteiger partial charge in [-0.2, -0.15) is 0 Å². The van der Waals surface area contributed by atoms with Crippen LogP contribution in [0.1, 0.15) is 37.0 Å². The lowest BCUT2D eigenvalue weighted by Gasteiger charge is -2.64. The van der Waals surface area contributed by atoms with Crippen LogP contribution in [0.5, 0.6) is 0 Å². The lowest BCUT2D eigenvalue weighted by atomic mass is 9.48. The van der Waals surface area contributed by atoms with E-state index in [2.05, 4.69) is 18.0 Å². The predicted molar refractivity (Wildman–Crippen MR) is 89.6 cm³/mol. The minimum Gasteiger partial charge on any atom is -0.329 e. The Labute approximate surface area is 136 Å². The molecule has 1 aromatic rings. The lowest BCUT2D eigenvalue weighted by molar-refractivity contribution is -0.125. The van der Waals surface area contributed by atoms with Crippen LogP contribution < -0.4 is 5.73 Å². The second kappa shape index (κ2) is 5.23. The van der Waals surface area contributed by atoms with Crippen molar-refractivity contribution in [3.8, 4) is 0 Å². The van der Waals surface area contributed by atoms with Gasteiger partial charge >= 0.3 is 0 Å². The second-order valence-electron chi connectivity index (χ2n) is 7.56. The third-order valence-corrected chi connectivity index (χ3v) is 7.83. The van der Waals surface area contributed by atoms with Crippen molar-refractivity contribution in [2.24, 2.45) is 29.4 Å². The van der Waals surface area contributed by atoms with Gasteiger partial charge in [-0.15, -0.1) is 11.3 Å². The molecule has 5 rings (SSSR count). The van der Waals surface area contributed by atoms with Gasteiger partial charge in [-0.1, -0.05) is 11.6 Å². The number of rotatable bonds is 4. The first kappa shape index (κ1) is 14.5. The lowest BCUT2D eigenvalue weighted by Crippen LogP contribution is -2.68. The highest BCUT2D eigenvalue weighted by atomic mass is 35.5. The molecule has 0 aliphatic heterocycles. The minimum absolute atomic E-state index is 0.240. The smallest absolute Gasteiger partial charge is 0.0931 e. The molecule has 0 amide bonds. The van der Waals surface area contributed by atoms with Gasteiger partial charge in [-0.25, -0.2) is 0 Å². The quantitative estimate of drug-likeness (QED) is 0.907. The SMILES string of the molecule is CN(Cc1ccc(Cl)s1)C1(CN)C2CC3CC(C2)CC1C3. The first-order chi connectivity index (χ1) is 10.1. The highest BCUT2D eigenvalue weighted by Gasteiger charge is 2.58. The van der Waals surface area contributed by atoms with E-state index in [1.54, 1.807) is 11.3 Å². The van der Waals surface area contributed by atoms with Crippen molar-refractivity contribution in [2.75, 3.05) is 13.6 Å². The number of hydrogen-bond donors (Lipinski definition) is 1. The third-order valence-electron chi connectivity index (χ3n) is 6.61. The summed E-state index contributed by atoms with van der Waals surface area (Å²) in [4.78, 5) is 3.95. The highest BCUT2D eigenvalue weighted by Crippen LogP contribution is 2.59. The monoisotopic (exact) mass is 324 g/mol. The molecule has 4 heteroatoms. The summed E-state index contributed by atoms with van der Waals surface area (Å²) < 4.78 is 0.894. The van der Waals surface area contributed by atoms with E-state index in [4.69, 9.17) is 17.3 Å². The van der Waals surface area contributed by atoms with Gasteiger partial charge in [0.1, 0.15) is 0 Å². The van der Waals surface area contributed by atoms with E-state index in [-0.39, 0.29) is 5.54 Å². The van der Waals surface area contributed by atoms with Crippen molar-refractivity contribution in [1.82, 2.24) is 4.90 Å². The molecule has 0 radical (unpaired) electrons. The first-order valence-electron chi connectivity index (χ1n) is 8.27. The standard InChI is InChI=1S/C17H25ClN2S/c1-20(9-15-2-3-16(18)21-15)17(10-19)13-5-11-4-12(7-13)8-14(17)6-11/h2-3,11-14H,4-10,19H2,1H3. The van der Waals surface area contributed by atoms with Gasteiger partial charge in [0.25, 0.3) is 0 Å². The summed E-state index contributed by atoms with van der Waals surface area (Å²) in [5.74, 6) is 3.63. The maximum absolute atomic E-state index is 6.38. The molecule has 4 aliphatic rings. The van der Waals surface area contributed by atoms with Crippen LogP contribution in [-0.2, 0) is 6.54 Å². The predicted octanol–water partition coefficient (Wildman–Crippen LogP) is 3.99. The number of nitrogens with zero attached hydrogens (tertiary/aromatic N) is 1. The van der Waals surface area contributed by atoms with E-state index in [1.807, 2.05) is 6.07 Å². The average Bonchev–Trinajstić information content (AvgIpc) is 2.84.